The van der Waals surface area contributed by atoms with Crippen LogP contribution in [0.4, 0.5) is 5.69 Å². The van der Waals surface area contributed by atoms with E-state index in [0.717, 1.165) is 4.47 Å². The predicted octanol–water partition coefficient (Wildman–Crippen LogP) is 4.30. The Balaban J connectivity index is 2.41. The number of rotatable bonds is 4. The van der Waals surface area contributed by atoms with E-state index < -0.39 is 4.92 Å². The van der Waals surface area contributed by atoms with Crippen LogP contribution in [-0.4, -0.2) is 10.0 Å². The molecule has 0 aliphatic heterocycles. The van der Waals surface area contributed by atoms with Gasteiger partial charge in [-0.2, -0.15) is 0 Å². The number of hydrogen-bond acceptors (Lipinski definition) is 4. The standard InChI is InChI=1S/C13H9BrClNO4/c14-9-2-1-8(7-17)12(5-9)20-13-6-10(16(18)19)3-4-11(13)15/h1-6,17H,7H2. The number of nitro groups is 1. The summed E-state index contributed by atoms with van der Waals surface area (Å²) in [5, 5.41) is 20.3. The van der Waals surface area contributed by atoms with Crippen molar-refractivity contribution in [2.45, 2.75) is 6.61 Å². The Morgan fingerprint density at radius 3 is 2.65 bits per heavy atom. The van der Waals surface area contributed by atoms with Gasteiger partial charge >= 0.3 is 0 Å². The lowest BCUT2D eigenvalue weighted by atomic mass is 10.2. The van der Waals surface area contributed by atoms with Crippen LogP contribution < -0.4 is 4.74 Å². The summed E-state index contributed by atoms with van der Waals surface area (Å²) in [5.74, 6) is 0.540. The Morgan fingerprint density at radius 2 is 2.00 bits per heavy atom. The molecule has 2 rings (SSSR count). The summed E-state index contributed by atoms with van der Waals surface area (Å²) in [5.41, 5.74) is 0.431. The first-order valence-corrected chi connectivity index (χ1v) is 6.69. The summed E-state index contributed by atoms with van der Waals surface area (Å²) < 4.78 is 6.33. The zero-order valence-electron chi connectivity index (χ0n) is 10.0. The SMILES string of the molecule is O=[N+]([O-])c1ccc(Cl)c(Oc2cc(Br)ccc2CO)c1. The van der Waals surface area contributed by atoms with Crippen molar-refractivity contribution in [3.63, 3.8) is 0 Å². The van der Waals surface area contributed by atoms with Crippen molar-refractivity contribution in [2.75, 3.05) is 0 Å². The summed E-state index contributed by atoms with van der Waals surface area (Å²) in [7, 11) is 0. The van der Waals surface area contributed by atoms with Crippen molar-refractivity contribution in [1.82, 2.24) is 0 Å². The molecule has 0 unspecified atom stereocenters. The van der Waals surface area contributed by atoms with Gasteiger partial charge in [-0.25, -0.2) is 0 Å². The van der Waals surface area contributed by atoms with Crippen LogP contribution in [0.3, 0.4) is 0 Å². The van der Waals surface area contributed by atoms with Crippen molar-refractivity contribution in [2.24, 2.45) is 0 Å². The van der Waals surface area contributed by atoms with Gasteiger partial charge in [0.05, 0.1) is 22.6 Å². The number of benzene rings is 2. The van der Waals surface area contributed by atoms with Crippen LogP contribution in [0.1, 0.15) is 5.56 Å². The fraction of sp³-hybridized carbons (Fsp3) is 0.0769. The first-order valence-electron chi connectivity index (χ1n) is 5.52. The van der Waals surface area contributed by atoms with Crippen LogP contribution in [0.15, 0.2) is 40.9 Å². The van der Waals surface area contributed by atoms with E-state index >= 15 is 0 Å². The van der Waals surface area contributed by atoms with E-state index in [4.69, 9.17) is 16.3 Å². The highest BCUT2D eigenvalue weighted by atomic mass is 79.9. The molecule has 0 aliphatic carbocycles. The lowest BCUT2D eigenvalue weighted by molar-refractivity contribution is -0.384. The molecule has 0 radical (unpaired) electrons. The van der Waals surface area contributed by atoms with E-state index in [0.29, 0.717) is 11.3 Å². The maximum absolute atomic E-state index is 10.8. The van der Waals surface area contributed by atoms with E-state index in [1.807, 2.05) is 0 Å². The second-order valence-electron chi connectivity index (χ2n) is 3.88. The summed E-state index contributed by atoms with van der Waals surface area (Å²) in [6.07, 6.45) is 0. The molecule has 0 saturated carbocycles. The summed E-state index contributed by atoms with van der Waals surface area (Å²) in [6.45, 7) is -0.213. The highest BCUT2D eigenvalue weighted by Gasteiger charge is 2.13. The normalized spacial score (nSPS) is 10.3. The van der Waals surface area contributed by atoms with Crippen LogP contribution in [0, 0.1) is 10.1 Å². The summed E-state index contributed by atoms with van der Waals surface area (Å²) >= 11 is 9.26. The molecule has 0 amide bonds. The zero-order valence-corrected chi connectivity index (χ0v) is 12.4. The van der Waals surface area contributed by atoms with Crippen molar-refractivity contribution in [1.29, 1.82) is 0 Å². The number of nitro benzene ring substituents is 1. The van der Waals surface area contributed by atoms with Crippen LogP contribution in [0.2, 0.25) is 5.02 Å². The molecule has 5 nitrogen and oxygen atoms in total. The lowest BCUT2D eigenvalue weighted by Crippen LogP contribution is -1.94. The minimum atomic E-state index is -0.531. The van der Waals surface area contributed by atoms with Gasteiger partial charge in [0.25, 0.3) is 5.69 Å². The van der Waals surface area contributed by atoms with Gasteiger partial charge in [0.2, 0.25) is 0 Å². The number of ether oxygens (including phenoxy) is 1. The Morgan fingerprint density at radius 1 is 1.25 bits per heavy atom. The lowest BCUT2D eigenvalue weighted by Gasteiger charge is -2.11. The number of aliphatic hydroxyl groups is 1. The van der Waals surface area contributed by atoms with Gasteiger partial charge in [-0.15, -0.1) is 0 Å². The molecule has 1 N–H and O–H groups in total. The molecule has 0 bridgehead atoms. The molecule has 0 aromatic heterocycles. The number of halogens is 2. The van der Waals surface area contributed by atoms with Gasteiger partial charge in [0.15, 0.2) is 5.75 Å². The molecule has 0 saturated heterocycles. The third-order valence-electron chi connectivity index (χ3n) is 2.55. The van der Waals surface area contributed by atoms with Crippen molar-refractivity contribution in [3.05, 3.63) is 61.6 Å². The maximum atomic E-state index is 10.8. The second-order valence-corrected chi connectivity index (χ2v) is 5.21. The minimum absolute atomic E-state index is 0.120. The first kappa shape index (κ1) is 14.8. The fourth-order valence-corrected chi connectivity index (χ4v) is 2.05. The number of nitrogens with zero attached hydrogens (tertiary/aromatic N) is 1. The molecule has 0 spiro atoms. The van der Waals surface area contributed by atoms with Gasteiger partial charge in [-0.05, 0) is 18.2 Å². The largest absolute Gasteiger partial charge is 0.455 e. The first-order chi connectivity index (χ1) is 9.51. The fourth-order valence-electron chi connectivity index (χ4n) is 1.56. The smallest absolute Gasteiger partial charge is 0.273 e. The molecule has 0 atom stereocenters. The molecule has 2 aromatic carbocycles. The molecular formula is C13H9BrClNO4. The quantitative estimate of drug-likeness (QED) is 0.653. The number of hydrogen-bond donors (Lipinski definition) is 1. The zero-order chi connectivity index (χ0) is 14.7. The van der Waals surface area contributed by atoms with E-state index in [2.05, 4.69) is 15.9 Å². The molecule has 104 valence electrons. The average molecular weight is 359 g/mol. The maximum Gasteiger partial charge on any atom is 0.273 e. The Labute approximate surface area is 128 Å². The van der Waals surface area contributed by atoms with Gasteiger partial charge in [-0.3, -0.25) is 10.1 Å². The van der Waals surface area contributed by atoms with E-state index in [-0.39, 0.29) is 23.1 Å². The third-order valence-corrected chi connectivity index (χ3v) is 3.35. The van der Waals surface area contributed by atoms with Crippen LogP contribution >= 0.6 is 27.5 Å². The molecule has 20 heavy (non-hydrogen) atoms. The minimum Gasteiger partial charge on any atom is -0.455 e. The summed E-state index contributed by atoms with van der Waals surface area (Å²) in [4.78, 5) is 10.2. The van der Waals surface area contributed by atoms with Gasteiger partial charge < -0.3 is 9.84 Å². The number of non-ortho nitro benzene ring substituents is 1. The van der Waals surface area contributed by atoms with Crippen molar-refractivity contribution < 1.29 is 14.8 Å². The van der Waals surface area contributed by atoms with E-state index in [1.54, 1.807) is 18.2 Å². The van der Waals surface area contributed by atoms with Gasteiger partial charge in [-0.1, -0.05) is 33.6 Å². The summed E-state index contributed by atoms with van der Waals surface area (Å²) in [6, 6.07) is 9.03. The Kier molecular flexibility index (Phi) is 4.59. The predicted molar refractivity (Wildman–Crippen MR) is 78.2 cm³/mol. The highest BCUT2D eigenvalue weighted by Crippen LogP contribution is 2.35. The second kappa shape index (κ2) is 6.21. The number of aliphatic hydroxyl groups excluding tert-OH is 1. The molecule has 0 heterocycles. The van der Waals surface area contributed by atoms with Crippen LogP contribution in [0.25, 0.3) is 0 Å². The van der Waals surface area contributed by atoms with Crippen LogP contribution in [-0.2, 0) is 6.61 Å². The van der Waals surface area contributed by atoms with Gasteiger partial charge in [0.1, 0.15) is 5.75 Å². The van der Waals surface area contributed by atoms with Crippen molar-refractivity contribution in [3.8, 4) is 11.5 Å². The Hall–Kier alpha value is -1.63. The highest BCUT2D eigenvalue weighted by molar-refractivity contribution is 9.10. The van der Waals surface area contributed by atoms with Crippen molar-refractivity contribution >= 4 is 33.2 Å². The van der Waals surface area contributed by atoms with Gasteiger partial charge in [0, 0.05) is 16.1 Å². The topological polar surface area (TPSA) is 72.6 Å². The molecule has 2 aromatic rings. The van der Waals surface area contributed by atoms with E-state index in [9.17, 15) is 15.2 Å². The Bertz CT molecular complexity index is 663. The molecule has 0 fully saturated rings. The van der Waals surface area contributed by atoms with Crippen LogP contribution in [0.5, 0.6) is 11.5 Å². The average Bonchev–Trinajstić information content (AvgIpc) is 2.41. The van der Waals surface area contributed by atoms with E-state index in [1.165, 1.54) is 18.2 Å². The molecule has 7 heteroatoms. The monoisotopic (exact) mass is 357 g/mol. The molecular weight excluding hydrogens is 350 g/mol. The third kappa shape index (κ3) is 3.27. The molecule has 0 aliphatic rings.